The van der Waals surface area contributed by atoms with Gasteiger partial charge in [0.05, 0.1) is 0 Å². The summed E-state index contributed by atoms with van der Waals surface area (Å²) in [6.07, 6.45) is 0.472. The number of halogens is 2. The number of aryl methyl sites for hydroxylation is 1. The first kappa shape index (κ1) is 16.0. The van der Waals surface area contributed by atoms with Crippen molar-refractivity contribution in [2.75, 3.05) is 0 Å². The number of ether oxygens (including phenoxy) is 1. The molecule has 2 unspecified atom stereocenters. The van der Waals surface area contributed by atoms with E-state index in [-0.39, 0.29) is 18.0 Å². The fourth-order valence-electron chi connectivity index (χ4n) is 2.06. The van der Waals surface area contributed by atoms with Crippen LogP contribution in [0.3, 0.4) is 0 Å². The molecule has 0 aromatic heterocycles. The molecule has 0 aliphatic rings. The van der Waals surface area contributed by atoms with Gasteiger partial charge in [-0.05, 0) is 42.7 Å². The van der Waals surface area contributed by atoms with Gasteiger partial charge in [0, 0.05) is 16.6 Å². The Bertz CT molecular complexity index is 600. The second kappa shape index (κ2) is 7.05. The van der Waals surface area contributed by atoms with E-state index >= 15 is 0 Å². The maximum atomic E-state index is 13.7. The molecule has 0 spiro atoms. The molecule has 4 heteroatoms. The monoisotopic (exact) mass is 351 g/mol. The smallest absolute Gasteiger partial charge is 0.139 e. The van der Waals surface area contributed by atoms with Crippen molar-refractivity contribution in [1.29, 1.82) is 0 Å². The molecule has 2 nitrogen and oxygen atoms in total. The summed E-state index contributed by atoms with van der Waals surface area (Å²) in [5.74, 6) is 0.224. The molecule has 112 valence electrons. The van der Waals surface area contributed by atoms with Crippen LogP contribution < -0.4 is 10.5 Å². The van der Waals surface area contributed by atoms with Crippen molar-refractivity contribution in [3.8, 4) is 5.75 Å². The van der Waals surface area contributed by atoms with Gasteiger partial charge in [0.2, 0.25) is 0 Å². The van der Waals surface area contributed by atoms with Crippen LogP contribution >= 0.6 is 15.9 Å². The van der Waals surface area contributed by atoms with Crippen molar-refractivity contribution in [3.05, 3.63) is 63.9 Å². The first-order valence-corrected chi connectivity index (χ1v) is 7.74. The third-order valence-electron chi connectivity index (χ3n) is 3.47. The van der Waals surface area contributed by atoms with Gasteiger partial charge in [-0.3, -0.25) is 0 Å². The topological polar surface area (TPSA) is 35.2 Å². The fraction of sp³-hybridized carbons (Fsp3) is 0.294. The first-order chi connectivity index (χ1) is 10.0. The maximum absolute atomic E-state index is 13.7. The van der Waals surface area contributed by atoms with Crippen molar-refractivity contribution < 1.29 is 9.13 Å². The highest BCUT2D eigenvalue weighted by Gasteiger charge is 2.21. The van der Waals surface area contributed by atoms with Crippen LogP contribution in [0.2, 0.25) is 0 Å². The van der Waals surface area contributed by atoms with Crippen molar-refractivity contribution in [2.24, 2.45) is 5.73 Å². The summed E-state index contributed by atoms with van der Waals surface area (Å²) < 4.78 is 20.6. The second-order valence-electron chi connectivity index (χ2n) is 5.07. The minimum absolute atomic E-state index is 0.157. The van der Waals surface area contributed by atoms with E-state index in [0.29, 0.717) is 11.3 Å². The van der Waals surface area contributed by atoms with Gasteiger partial charge < -0.3 is 10.5 Å². The summed E-state index contributed by atoms with van der Waals surface area (Å²) >= 11 is 3.41. The third kappa shape index (κ3) is 4.05. The normalized spacial score (nSPS) is 13.8. The Balaban J connectivity index is 2.28. The van der Waals surface area contributed by atoms with Gasteiger partial charge in [-0.25, -0.2) is 4.39 Å². The molecule has 0 aliphatic heterocycles. The largest absolute Gasteiger partial charge is 0.484 e. The number of nitrogens with two attached hydrogens (primary N) is 1. The molecule has 0 radical (unpaired) electrons. The van der Waals surface area contributed by atoms with Crippen LogP contribution in [0.5, 0.6) is 5.75 Å². The highest BCUT2D eigenvalue weighted by Crippen LogP contribution is 2.27. The average Bonchev–Trinajstić information content (AvgIpc) is 2.48. The number of hydrogen-bond donors (Lipinski definition) is 1. The predicted molar refractivity (Wildman–Crippen MR) is 86.9 cm³/mol. The zero-order valence-corrected chi connectivity index (χ0v) is 13.7. The van der Waals surface area contributed by atoms with E-state index in [9.17, 15) is 4.39 Å². The van der Waals surface area contributed by atoms with Crippen LogP contribution in [0.1, 0.15) is 30.6 Å². The molecule has 21 heavy (non-hydrogen) atoms. The lowest BCUT2D eigenvalue weighted by molar-refractivity contribution is 0.170. The maximum Gasteiger partial charge on any atom is 0.139 e. The Morgan fingerprint density at radius 3 is 2.43 bits per heavy atom. The van der Waals surface area contributed by atoms with E-state index in [1.165, 1.54) is 6.07 Å². The van der Waals surface area contributed by atoms with Gasteiger partial charge in [0.15, 0.2) is 0 Å². The van der Waals surface area contributed by atoms with E-state index in [2.05, 4.69) is 15.9 Å². The van der Waals surface area contributed by atoms with E-state index in [0.717, 1.165) is 16.5 Å². The summed E-state index contributed by atoms with van der Waals surface area (Å²) in [6, 6.07) is 12.6. The van der Waals surface area contributed by atoms with Crippen molar-refractivity contribution in [1.82, 2.24) is 0 Å². The highest BCUT2D eigenvalue weighted by molar-refractivity contribution is 9.10. The van der Waals surface area contributed by atoms with Gasteiger partial charge in [0.25, 0.3) is 0 Å². The van der Waals surface area contributed by atoms with Crippen LogP contribution in [-0.4, -0.2) is 6.04 Å². The molecule has 2 rings (SSSR count). The van der Waals surface area contributed by atoms with Crippen LogP contribution in [0.25, 0.3) is 0 Å². The summed E-state index contributed by atoms with van der Waals surface area (Å²) in [5, 5.41) is 0. The Kier molecular flexibility index (Phi) is 5.37. The van der Waals surface area contributed by atoms with Crippen molar-refractivity contribution in [2.45, 2.75) is 32.4 Å². The summed E-state index contributed by atoms with van der Waals surface area (Å²) in [4.78, 5) is 0. The van der Waals surface area contributed by atoms with Crippen LogP contribution in [0, 0.1) is 12.7 Å². The Morgan fingerprint density at radius 2 is 1.86 bits per heavy atom. The second-order valence-corrected chi connectivity index (χ2v) is 5.99. The molecule has 2 N–H and O–H groups in total. The summed E-state index contributed by atoms with van der Waals surface area (Å²) in [6.45, 7) is 3.73. The zero-order valence-electron chi connectivity index (χ0n) is 12.1. The Morgan fingerprint density at radius 1 is 1.19 bits per heavy atom. The van der Waals surface area contributed by atoms with E-state index in [4.69, 9.17) is 10.5 Å². The first-order valence-electron chi connectivity index (χ1n) is 6.95. The van der Waals surface area contributed by atoms with Crippen LogP contribution in [-0.2, 0) is 0 Å². The number of hydrogen-bond acceptors (Lipinski definition) is 2. The molecule has 0 bridgehead atoms. The zero-order chi connectivity index (χ0) is 15.4. The third-order valence-corrected chi connectivity index (χ3v) is 3.99. The summed E-state index contributed by atoms with van der Waals surface area (Å²) in [5.41, 5.74) is 7.75. The SMILES string of the molecule is CCC(N)C(Oc1ccc(C)c(F)c1)c1ccc(Br)cc1. The van der Waals surface area contributed by atoms with Crippen LogP contribution in [0.15, 0.2) is 46.9 Å². The van der Waals surface area contributed by atoms with Crippen molar-refractivity contribution in [3.63, 3.8) is 0 Å². The minimum atomic E-state index is -0.301. The van der Waals surface area contributed by atoms with Gasteiger partial charge >= 0.3 is 0 Å². The lowest BCUT2D eigenvalue weighted by atomic mass is 10.0. The molecule has 0 amide bonds. The van der Waals surface area contributed by atoms with Gasteiger partial charge in [0.1, 0.15) is 17.7 Å². The standard InChI is InChI=1S/C17H19BrFNO/c1-3-16(20)17(12-5-7-13(18)8-6-12)21-14-9-4-11(2)15(19)10-14/h4-10,16-17H,3,20H2,1-2H3. The van der Waals surface area contributed by atoms with E-state index in [1.54, 1.807) is 19.1 Å². The van der Waals surface area contributed by atoms with Gasteiger partial charge in [-0.1, -0.05) is 41.1 Å². The molecule has 0 saturated carbocycles. The Labute approximate surface area is 133 Å². The van der Waals surface area contributed by atoms with E-state index in [1.807, 2.05) is 31.2 Å². The Hall–Kier alpha value is -1.39. The molecule has 0 saturated heterocycles. The lowest BCUT2D eigenvalue weighted by Crippen LogP contribution is -2.31. The lowest BCUT2D eigenvalue weighted by Gasteiger charge is -2.25. The fourth-order valence-corrected chi connectivity index (χ4v) is 2.33. The molecule has 0 heterocycles. The molecule has 2 aromatic carbocycles. The average molecular weight is 352 g/mol. The van der Waals surface area contributed by atoms with E-state index < -0.39 is 0 Å². The molecule has 0 fully saturated rings. The van der Waals surface area contributed by atoms with Crippen LogP contribution in [0.4, 0.5) is 4.39 Å². The molecular formula is C17H19BrFNO. The summed E-state index contributed by atoms with van der Waals surface area (Å²) in [7, 11) is 0. The van der Waals surface area contributed by atoms with Gasteiger partial charge in [-0.15, -0.1) is 0 Å². The molecule has 0 aliphatic carbocycles. The molecule has 2 atom stereocenters. The minimum Gasteiger partial charge on any atom is -0.484 e. The van der Waals surface area contributed by atoms with Gasteiger partial charge in [-0.2, -0.15) is 0 Å². The quantitative estimate of drug-likeness (QED) is 0.843. The number of rotatable bonds is 5. The number of benzene rings is 2. The highest BCUT2D eigenvalue weighted by atomic mass is 79.9. The predicted octanol–water partition coefficient (Wildman–Crippen LogP) is 4.75. The molecular weight excluding hydrogens is 333 g/mol. The molecule has 2 aromatic rings. The van der Waals surface area contributed by atoms with Crippen molar-refractivity contribution >= 4 is 15.9 Å².